The van der Waals surface area contributed by atoms with Crippen molar-refractivity contribution in [2.75, 3.05) is 19.8 Å². The Morgan fingerprint density at radius 1 is 0.355 bits per heavy atom. The van der Waals surface area contributed by atoms with Crippen LogP contribution in [0.2, 0.25) is 0 Å². The summed E-state index contributed by atoms with van der Waals surface area (Å²) in [5, 5.41) is 0. The fourth-order valence-electron chi connectivity index (χ4n) is 8.01. The van der Waals surface area contributed by atoms with E-state index in [0.717, 1.165) is 57.8 Å². The summed E-state index contributed by atoms with van der Waals surface area (Å²) in [5.41, 5.74) is 0. The topological polar surface area (TPSA) is 61.8 Å². The van der Waals surface area contributed by atoms with Crippen LogP contribution >= 0.6 is 0 Å². The summed E-state index contributed by atoms with van der Waals surface area (Å²) >= 11 is 0. The molecule has 5 heteroatoms. The van der Waals surface area contributed by atoms with E-state index in [1.54, 1.807) is 0 Å². The lowest BCUT2D eigenvalue weighted by molar-refractivity contribution is -0.163. The molecule has 0 heterocycles. The minimum Gasteiger partial charge on any atom is -0.462 e. The second-order valence-electron chi connectivity index (χ2n) is 18.5. The first kappa shape index (κ1) is 60.1. The molecule has 364 valence electrons. The number of carbonyl (C=O) groups is 2. The van der Waals surface area contributed by atoms with Crippen LogP contribution in [0, 0.1) is 0 Å². The third-order valence-corrected chi connectivity index (χ3v) is 12.1. The van der Waals surface area contributed by atoms with Crippen LogP contribution in [0.1, 0.15) is 290 Å². The monoisotopic (exact) mass is 871 g/mol. The van der Waals surface area contributed by atoms with Crippen molar-refractivity contribution >= 4 is 11.9 Å². The number of ether oxygens (including phenoxy) is 3. The average Bonchev–Trinajstić information content (AvgIpc) is 3.27. The van der Waals surface area contributed by atoms with E-state index in [2.05, 4.69) is 57.2 Å². The van der Waals surface area contributed by atoms with E-state index < -0.39 is 6.10 Å². The molecule has 0 aromatic heterocycles. The van der Waals surface area contributed by atoms with Crippen LogP contribution in [-0.4, -0.2) is 37.9 Å². The first-order valence-electron chi connectivity index (χ1n) is 27.5. The fourth-order valence-corrected chi connectivity index (χ4v) is 8.01. The highest BCUT2D eigenvalue weighted by molar-refractivity contribution is 5.70. The third kappa shape index (κ3) is 50.8. The normalized spacial score (nSPS) is 12.4. The van der Waals surface area contributed by atoms with E-state index in [-0.39, 0.29) is 25.2 Å². The zero-order chi connectivity index (χ0) is 44.9. The molecule has 0 aromatic rings. The summed E-state index contributed by atoms with van der Waals surface area (Å²) in [7, 11) is 0. The summed E-state index contributed by atoms with van der Waals surface area (Å²) < 4.78 is 17.4. The Hall–Kier alpha value is -1.88. The van der Waals surface area contributed by atoms with Gasteiger partial charge < -0.3 is 14.2 Å². The van der Waals surface area contributed by atoms with Gasteiger partial charge in [0.25, 0.3) is 0 Å². The largest absolute Gasteiger partial charge is 0.462 e. The molecule has 0 N–H and O–H groups in total. The van der Waals surface area contributed by atoms with E-state index in [9.17, 15) is 9.59 Å². The Bertz CT molecular complexity index is 986. The quantitative estimate of drug-likeness (QED) is 0.0346. The van der Waals surface area contributed by atoms with E-state index in [1.165, 1.54) is 199 Å². The summed E-state index contributed by atoms with van der Waals surface area (Å²) in [6.45, 7) is 7.82. The molecule has 0 spiro atoms. The summed E-state index contributed by atoms with van der Waals surface area (Å²) in [6, 6.07) is 0. The molecular weight excluding hydrogens is 765 g/mol. The van der Waals surface area contributed by atoms with Gasteiger partial charge in [0.05, 0.1) is 6.61 Å². The number of hydrogen-bond donors (Lipinski definition) is 0. The number of esters is 2. The lowest BCUT2D eigenvalue weighted by Gasteiger charge is -2.18. The van der Waals surface area contributed by atoms with E-state index >= 15 is 0 Å². The van der Waals surface area contributed by atoms with Crippen LogP contribution < -0.4 is 0 Å². The molecule has 0 rings (SSSR count). The molecule has 0 aliphatic heterocycles. The van der Waals surface area contributed by atoms with Crippen LogP contribution in [-0.2, 0) is 23.8 Å². The smallest absolute Gasteiger partial charge is 0.306 e. The van der Waals surface area contributed by atoms with Crippen molar-refractivity contribution in [2.45, 2.75) is 297 Å². The molecule has 1 atom stereocenters. The molecule has 0 saturated carbocycles. The van der Waals surface area contributed by atoms with Crippen molar-refractivity contribution in [1.29, 1.82) is 0 Å². The van der Waals surface area contributed by atoms with Gasteiger partial charge in [-0.15, -0.1) is 0 Å². The van der Waals surface area contributed by atoms with Gasteiger partial charge in [0.1, 0.15) is 6.61 Å². The molecule has 0 aromatic carbocycles. The van der Waals surface area contributed by atoms with E-state index in [1.807, 2.05) is 0 Å². The van der Waals surface area contributed by atoms with Crippen molar-refractivity contribution in [3.05, 3.63) is 36.5 Å². The lowest BCUT2D eigenvalue weighted by atomic mass is 10.0. The summed E-state index contributed by atoms with van der Waals surface area (Å²) in [5.74, 6) is -0.397. The molecule has 1 unspecified atom stereocenters. The Morgan fingerprint density at radius 3 is 1.11 bits per heavy atom. The van der Waals surface area contributed by atoms with E-state index in [0.29, 0.717) is 19.4 Å². The summed E-state index contributed by atoms with van der Waals surface area (Å²) in [4.78, 5) is 25.4. The standard InChI is InChI=1S/C57H106O5/c1-4-7-10-13-16-19-22-25-28-31-34-37-40-43-46-49-52-60-53-55(62-57(59)51-48-45-42-39-36-33-30-27-24-21-18-15-12-9-6-3)54-61-56(58)50-47-44-41-38-35-32-29-26-23-20-17-14-11-8-5-2/h16,19,25-26,28-29,55H,4-15,17-18,20-24,27,30-54H2,1-3H3/b19-16-,28-25-,29-26-. The number of unbranched alkanes of at least 4 members (excludes halogenated alkanes) is 34. The highest BCUT2D eigenvalue weighted by Gasteiger charge is 2.17. The molecule has 0 aliphatic rings. The highest BCUT2D eigenvalue weighted by Crippen LogP contribution is 2.16. The van der Waals surface area contributed by atoms with Gasteiger partial charge in [0.2, 0.25) is 0 Å². The van der Waals surface area contributed by atoms with Gasteiger partial charge in [-0.05, 0) is 77.0 Å². The molecule has 62 heavy (non-hydrogen) atoms. The Labute approximate surface area is 387 Å². The second kappa shape index (κ2) is 53.5. The first-order valence-corrected chi connectivity index (χ1v) is 27.5. The van der Waals surface area contributed by atoms with E-state index in [4.69, 9.17) is 14.2 Å². The second-order valence-corrected chi connectivity index (χ2v) is 18.5. The SMILES string of the molecule is CCCCC/C=C\C/C=C\CCCCCCCCOCC(COC(=O)CCCCCCC/C=C\CCCCCCCC)OC(=O)CCCCCCCCCCCCCCCCC. The summed E-state index contributed by atoms with van der Waals surface area (Å²) in [6.07, 6.45) is 64.4. The van der Waals surface area contributed by atoms with Crippen molar-refractivity contribution < 1.29 is 23.8 Å². The van der Waals surface area contributed by atoms with Gasteiger partial charge in [0, 0.05) is 19.4 Å². The molecule has 0 saturated heterocycles. The lowest BCUT2D eigenvalue weighted by Crippen LogP contribution is -2.30. The third-order valence-electron chi connectivity index (χ3n) is 12.1. The fraction of sp³-hybridized carbons (Fsp3) is 0.860. The van der Waals surface area contributed by atoms with Gasteiger partial charge >= 0.3 is 11.9 Å². The zero-order valence-corrected chi connectivity index (χ0v) is 41.9. The molecule has 0 radical (unpaired) electrons. The predicted octanol–water partition coefficient (Wildman–Crippen LogP) is 18.6. The number of hydrogen-bond acceptors (Lipinski definition) is 5. The van der Waals surface area contributed by atoms with Gasteiger partial charge in [-0.3, -0.25) is 9.59 Å². The maximum absolute atomic E-state index is 12.8. The Kier molecular flexibility index (Phi) is 51.8. The van der Waals surface area contributed by atoms with Crippen LogP contribution in [0.25, 0.3) is 0 Å². The van der Waals surface area contributed by atoms with Gasteiger partial charge in [-0.1, -0.05) is 237 Å². The Morgan fingerprint density at radius 2 is 0.677 bits per heavy atom. The predicted molar refractivity (Wildman–Crippen MR) is 270 cm³/mol. The van der Waals surface area contributed by atoms with Crippen molar-refractivity contribution in [2.24, 2.45) is 0 Å². The molecule has 0 amide bonds. The van der Waals surface area contributed by atoms with Crippen molar-refractivity contribution in [1.82, 2.24) is 0 Å². The number of rotatable bonds is 51. The van der Waals surface area contributed by atoms with Gasteiger partial charge in [-0.2, -0.15) is 0 Å². The zero-order valence-electron chi connectivity index (χ0n) is 41.9. The van der Waals surface area contributed by atoms with Crippen molar-refractivity contribution in [3.8, 4) is 0 Å². The maximum Gasteiger partial charge on any atom is 0.306 e. The van der Waals surface area contributed by atoms with Crippen LogP contribution in [0.4, 0.5) is 0 Å². The highest BCUT2D eigenvalue weighted by atomic mass is 16.6. The van der Waals surface area contributed by atoms with Crippen molar-refractivity contribution in [3.63, 3.8) is 0 Å². The molecule has 0 bridgehead atoms. The minimum absolute atomic E-state index is 0.0815. The molecule has 5 nitrogen and oxygen atoms in total. The Balaban J connectivity index is 4.27. The number of carbonyl (C=O) groups excluding carboxylic acids is 2. The van der Waals surface area contributed by atoms with Gasteiger partial charge in [0.15, 0.2) is 6.10 Å². The van der Waals surface area contributed by atoms with Gasteiger partial charge in [-0.25, -0.2) is 0 Å². The molecular formula is C57H106O5. The molecule has 0 aliphatic carbocycles. The van der Waals surface area contributed by atoms with Crippen LogP contribution in [0.5, 0.6) is 0 Å². The first-order chi connectivity index (χ1) is 30.6. The minimum atomic E-state index is -0.540. The maximum atomic E-state index is 12.8. The average molecular weight is 871 g/mol. The number of allylic oxidation sites excluding steroid dienone is 6. The van der Waals surface area contributed by atoms with Crippen LogP contribution in [0.3, 0.4) is 0 Å². The molecule has 0 fully saturated rings. The van der Waals surface area contributed by atoms with Crippen LogP contribution in [0.15, 0.2) is 36.5 Å².